The van der Waals surface area contributed by atoms with Crippen LogP contribution in [0, 0.1) is 30.6 Å². The van der Waals surface area contributed by atoms with Gasteiger partial charge in [-0.2, -0.15) is 22.1 Å². The number of aromatic amines is 1. The zero-order chi connectivity index (χ0) is 29.6. The van der Waals surface area contributed by atoms with Crippen LogP contribution in [-0.4, -0.2) is 51.4 Å². The van der Waals surface area contributed by atoms with Crippen molar-refractivity contribution in [1.82, 2.24) is 35.5 Å². The summed E-state index contributed by atoms with van der Waals surface area (Å²) in [5.74, 6) is -0.939. The van der Waals surface area contributed by atoms with Crippen LogP contribution in [0.3, 0.4) is 0 Å². The van der Waals surface area contributed by atoms with Gasteiger partial charge in [0.1, 0.15) is 21.0 Å². The first-order chi connectivity index (χ1) is 19.4. The van der Waals surface area contributed by atoms with Gasteiger partial charge < -0.3 is 10.6 Å². The van der Waals surface area contributed by atoms with Crippen molar-refractivity contribution in [2.45, 2.75) is 67.2 Å². The van der Waals surface area contributed by atoms with Crippen molar-refractivity contribution in [2.24, 2.45) is 17.8 Å². The number of nitrogens with zero attached hydrogens (tertiary/aromatic N) is 5. The maximum atomic E-state index is 15.5. The molecule has 0 aromatic carbocycles. The lowest BCUT2D eigenvalue weighted by molar-refractivity contribution is -0.119. The van der Waals surface area contributed by atoms with Crippen molar-refractivity contribution in [1.29, 1.82) is 0 Å². The van der Waals surface area contributed by atoms with Crippen LogP contribution < -0.4 is 10.6 Å². The Kier molecular flexibility index (Phi) is 8.71. The minimum Gasteiger partial charge on any atom is -0.339 e. The first-order valence-corrected chi connectivity index (χ1v) is 15.3. The number of amides is 2. The molecule has 5 rings (SSSR count). The zero-order valence-electron chi connectivity index (χ0n) is 22.7. The van der Waals surface area contributed by atoms with Crippen LogP contribution in [0.1, 0.15) is 72.7 Å². The van der Waals surface area contributed by atoms with E-state index in [-0.39, 0.29) is 29.0 Å². The molecule has 0 spiro atoms. The Morgan fingerprint density at radius 2 is 1.80 bits per heavy atom. The SMILES string of the molecule is Cc1[nH]nc(C(S)C(S)(S)S)c1-c1ccc(NC(=O)[C@@H](NC(=O)c2cnnn2C(C)C)C(C2CC2)C2CC2)nc1F. The molecular formula is C26H33FN8O2S4. The van der Waals surface area contributed by atoms with E-state index in [9.17, 15) is 9.59 Å². The van der Waals surface area contributed by atoms with Crippen LogP contribution in [-0.2, 0) is 4.79 Å². The standard InChI is InChI=1S/C26H33FN8O2S4/c1-11(2)35-16(10-28-34-35)24(36)31-21(19(13-4-5-13)14-6-7-14)25(37)30-17-9-8-15(23(27)29-17)18-12(3)32-33-20(18)22(38)26(39,40)41/h8-11,13-14,19,21-22,38-41H,4-7H2,1-3H3,(H,31,36)(H,32,33)(H,29,30,37)/t21-,22?/m0/s1. The van der Waals surface area contributed by atoms with Crippen molar-refractivity contribution in [3.05, 3.63) is 41.4 Å². The normalized spacial score (nSPS) is 17.1. The number of rotatable bonds is 11. The number of pyridine rings is 1. The minimum atomic E-state index is -1.13. The quantitative estimate of drug-likeness (QED) is 0.0930. The third kappa shape index (κ3) is 6.57. The highest BCUT2D eigenvalue weighted by atomic mass is 32.2. The van der Waals surface area contributed by atoms with E-state index in [1.807, 2.05) is 13.8 Å². The molecule has 2 aliphatic rings. The molecule has 3 aromatic rings. The fourth-order valence-electron chi connectivity index (χ4n) is 5.29. The highest BCUT2D eigenvalue weighted by Gasteiger charge is 2.48. The number of H-pyrrole nitrogens is 1. The van der Waals surface area contributed by atoms with E-state index in [0.717, 1.165) is 25.7 Å². The Labute approximate surface area is 259 Å². The average Bonchev–Trinajstić information content (AvgIpc) is 3.83. The van der Waals surface area contributed by atoms with Gasteiger partial charge in [-0.25, -0.2) is 9.67 Å². The van der Waals surface area contributed by atoms with Crippen molar-refractivity contribution in [3.8, 4) is 11.1 Å². The molecule has 220 valence electrons. The van der Waals surface area contributed by atoms with E-state index >= 15 is 4.39 Å². The van der Waals surface area contributed by atoms with Crippen molar-refractivity contribution in [3.63, 3.8) is 0 Å². The number of hydrogen-bond donors (Lipinski definition) is 7. The van der Waals surface area contributed by atoms with Gasteiger partial charge >= 0.3 is 0 Å². The van der Waals surface area contributed by atoms with Gasteiger partial charge in [0.15, 0.2) is 0 Å². The monoisotopic (exact) mass is 636 g/mol. The Hall–Kier alpha value is -2.23. The minimum absolute atomic E-state index is 0.0149. The fraction of sp³-hybridized carbons (Fsp3) is 0.538. The van der Waals surface area contributed by atoms with Crippen molar-refractivity contribution >= 4 is 68.1 Å². The fourth-order valence-corrected chi connectivity index (χ4v) is 5.85. The van der Waals surface area contributed by atoms with Crippen LogP contribution >= 0.6 is 50.5 Å². The maximum absolute atomic E-state index is 15.5. The second-order valence-corrected chi connectivity index (χ2v) is 14.8. The number of hydrogen-bond acceptors (Lipinski definition) is 10. The van der Waals surface area contributed by atoms with Gasteiger partial charge in [-0.05, 0) is 76.3 Å². The summed E-state index contributed by atoms with van der Waals surface area (Å²) in [5.41, 5.74) is 1.94. The average molecular weight is 637 g/mol. The molecule has 0 radical (unpaired) electrons. The van der Waals surface area contributed by atoms with Crippen LogP contribution in [0.15, 0.2) is 18.3 Å². The van der Waals surface area contributed by atoms with E-state index in [4.69, 9.17) is 0 Å². The van der Waals surface area contributed by atoms with Crippen LogP contribution in [0.2, 0.25) is 0 Å². The predicted molar refractivity (Wildman–Crippen MR) is 167 cm³/mol. The smallest absolute Gasteiger partial charge is 0.271 e. The number of nitrogens with one attached hydrogen (secondary N) is 3. The second-order valence-electron chi connectivity index (χ2n) is 11.1. The van der Waals surface area contributed by atoms with Gasteiger partial charge in [0.25, 0.3) is 5.91 Å². The molecule has 15 heteroatoms. The summed E-state index contributed by atoms with van der Waals surface area (Å²) in [7, 11) is 0. The van der Waals surface area contributed by atoms with Crippen molar-refractivity contribution < 1.29 is 14.0 Å². The van der Waals surface area contributed by atoms with Gasteiger partial charge in [-0.15, -0.1) is 43.0 Å². The molecule has 10 nitrogen and oxygen atoms in total. The van der Waals surface area contributed by atoms with Crippen LogP contribution in [0.5, 0.6) is 0 Å². The summed E-state index contributed by atoms with van der Waals surface area (Å²) in [5, 5.41) is 20.0. The Balaban J connectivity index is 1.40. The largest absolute Gasteiger partial charge is 0.339 e. The highest BCUT2D eigenvalue weighted by molar-refractivity contribution is 8.17. The molecule has 2 fully saturated rings. The molecule has 2 atom stereocenters. The molecule has 1 unspecified atom stereocenters. The van der Waals surface area contributed by atoms with E-state index in [1.165, 1.54) is 23.0 Å². The maximum Gasteiger partial charge on any atom is 0.271 e. The van der Waals surface area contributed by atoms with Gasteiger partial charge in [0.05, 0.1) is 17.1 Å². The number of carbonyl (C=O) groups is 2. The van der Waals surface area contributed by atoms with Crippen molar-refractivity contribution in [2.75, 3.05) is 5.32 Å². The van der Waals surface area contributed by atoms with E-state index in [1.54, 1.807) is 6.92 Å². The molecule has 0 aliphatic heterocycles. The summed E-state index contributed by atoms with van der Waals surface area (Å²) in [6.07, 6.45) is 5.44. The summed E-state index contributed by atoms with van der Waals surface area (Å²) in [6, 6.07) is 2.15. The number of anilines is 1. The third-order valence-electron chi connectivity index (χ3n) is 7.55. The molecule has 2 aliphatic carbocycles. The number of aryl methyl sites for hydroxylation is 1. The summed E-state index contributed by atoms with van der Waals surface area (Å²) in [6.45, 7) is 5.54. The summed E-state index contributed by atoms with van der Waals surface area (Å²) >= 11 is 17.6. The first kappa shape index (κ1) is 30.2. The molecule has 3 aromatic heterocycles. The van der Waals surface area contributed by atoms with Gasteiger partial charge in [0, 0.05) is 22.9 Å². The number of halogens is 1. The van der Waals surface area contributed by atoms with Crippen LogP contribution in [0.4, 0.5) is 10.2 Å². The number of thiol groups is 4. The van der Waals surface area contributed by atoms with Gasteiger partial charge in [0.2, 0.25) is 11.9 Å². The first-order valence-electron chi connectivity index (χ1n) is 13.5. The lowest BCUT2D eigenvalue weighted by Crippen LogP contribution is -2.50. The Morgan fingerprint density at radius 1 is 1.15 bits per heavy atom. The van der Waals surface area contributed by atoms with Gasteiger partial charge in [-0.1, -0.05) is 5.21 Å². The van der Waals surface area contributed by atoms with E-state index in [0.29, 0.717) is 28.8 Å². The van der Waals surface area contributed by atoms with Crippen LogP contribution in [0.25, 0.3) is 11.1 Å². The lowest BCUT2D eigenvalue weighted by atomic mass is 9.88. The Bertz CT molecular complexity index is 1440. The molecule has 41 heavy (non-hydrogen) atoms. The summed E-state index contributed by atoms with van der Waals surface area (Å²) < 4.78 is 15.9. The molecule has 3 N–H and O–H groups in total. The highest BCUT2D eigenvalue weighted by Crippen LogP contribution is 2.51. The predicted octanol–water partition coefficient (Wildman–Crippen LogP) is 4.68. The molecule has 0 saturated heterocycles. The zero-order valence-corrected chi connectivity index (χ0v) is 26.3. The lowest BCUT2D eigenvalue weighted by Gasteiger charge is -2.27. The van der Waals surface area contributed by atoms with Gasteiger partial charge in [-0.3, -0.25) is 14.7 Å². The third-order valence-corrected chi connectivity index (χ3v) is 9.57. The van der Waals surface area contributed by atoms with E-state index in [2.05, 4.69) is 86.6 Å². The topological polar surface area (TPSA) is 130 Å². The number of carbonyl (C=O) groups excluding carboxylic acids is 2. The number of aromatic nitrogens is 6. The second kappa shape index (κ2) is 11.8. The van der Waals surface area contributed by atoms with E-state index < -0.39 is 32.5 Å². The molecule has 0 bridgehead atoms. The molecule has 2 saturated carbocycles. The molecule has 2 amide bonds. The molecular weight excluding hydrogens is 604 g/mol. The Morgan fingerprint density at radius 3 is 2.37 bits per heavy atom. The summed E-state index contributed by atoms with van der Waals surface area (Å²) in [4.78, 5) is 31.1. The molecule has 3 heterocycles.